The quantitative estimate of drug-likeness (QED) is 0.570. The van der Waals surface area contributed by atoms with Crippen molar-refractivity contribution >= 4 is 27.4 Å². The maximum atomic E-state index is 5.53. The van der Waals surface area contributed by atoms with Gasteiger partial charge in [-0.1, -0.05) is 6.07 Å². The average Bonchev–Trinajstić information content (AvgIpc) is 3.19. The molecule has 1 saturated heterocycles. The Morgan fingerprint density at radius 2 is 2.03 bits per heavy atom. The van der Waals surface area contributed by atoms with Crippen LogP contribution >= 0.6 is 11.3 Å². The third-order valence-corrected chi connectivity index (χ3v) is 7.74. The number of thiophene rings is 1. The molecule has 5 rings (SSSR count). The fraction of sp³-hybridized carbons (Fsp3) is 0.542. The molecule has 1 unspecified atom stereocenters. The number of morpholine rings is 1. The van der Waals surface area contributed by atoms with E-state index in [-0.39, 0.29) is 6.04 Å². The smallest absolute Gasteiger partial charge is 0.146 e. The molecule has 0 radical (unpaired) electrons. The van der Waals surface area contributed by atoms with E-state index < -0.39 is 0 Å². The predicted octanol–water partition coefficient (Wildman–Crippen LogP) is 4.38. The van der Waals surface area contributed by atoms with Crippen LogP contribution in [0.1, 0.15) is 54.6 Å². The number of hydrogen-bond acceptors (Lipinski definition) is 7. The topological polar surface area (TPSA) is 54.4 Å². The van der Waals surface area contributed by atoms with Crippen LogP contribution in [0, 0.1) is 0 Å². The lowest BCUT2D eigenvalue weighted by Gasteiger charge is -2.31. The fourth-order valence-electron chi connectivity index (χ4n) is 4.83. The van der Waals surface area contributed by atoms with Crippen LogP contribution in [0.3, 0.4) is 0 Å². The van der Waals surface area contributed by atoms with Gasteiger partial charge in [-0.15, -0.1) is 11.3 Å². The highest BCUT2D eigenvalue weighted by molar-refractivity contribution is 7.19. The summed E-state index contributed by atoms with van der Waals surface area (Å²) in [6.07, 6.45) is 8.69. The number of pyridine rings is 1. The maximum absolute atomic E-state index is 5.53. The molecular formula is C24H31N5OS. The number of anilines is 1. The first-order chi connectivity index (χ1) is 15.2. The van der Waals surface area contributed by atoms with Gasteiger partial charge >= 0.3 is 0 Å². The summed E-state index contributed by atoms with van der Waals surface area (Å²) in [6.45, 7) is 9.64. The Morgan fingerprint density at radius 3 is 2.81 bits per heavy atom. The molecule has 3 aromatic heterocycles. The van der Waals surface area contributed by atoms with E-state index in [4.69, 9.17) is 14.7 Å². The number of nitrogens with zero attached hydrogens (tertiary/aromatic N) is 5. The molecule has 1 atom stereocenters. The number of fused-ring (bicyclic) bond motifs is 3. The van der Waals surface area contributed by atoms with Gasteiger partial charge in [0.15, 0.2) is 0 Å². The summed E-state index contributed by atoms with van der Waals surface area (Å²) < 4.78 is 5.53. The lowest BCUT2D eigenvalue weighted by atomic mass is 9.96. The highest BCUT2D eigenvalue weighted by atomic mass is 32.1. The summed E-state index contributed by atoms with van der Waals surface area (Å²) in [6, 6.07) is 4.38. The molecule has 1 aliphatic carbocycles. The Bertz CT molecular complexity index is 1030. The number of aryl methyl sites for hydroxylation is 2. The molecule has 7 heteroatoms. The van der Waals surface area contributed by atoms with Crippen molar-refractivity contribution in [1.29, 1.82) is 0 Å². The van der Waals surface area contributed by atoms with Gasteiger partial charge in [0.25, 0.3) is 0 Å². The molecule has 0 bridgehead atoms. The summed E-state index contributed by atoms with van der Waals surface area (Å²) in [5, 5.41) is 1.29. The van der Waals surface area contributed by atoms with E-state index in [9.17, 15) is 0 Å². The van der Waals surface area contributed by atoms with Gasteiger partial charge in [0, 0.05) is 36.9 Å². The Hall–Kier alpha value is -2.09. The maximum Gasteiger partial charge on any atom is 0.146 e. The van der Waals surface area contributed by atoms with Gasteiger partial charge in [-0.25, -0.2) is 9.97 Å². The van der Waals surface area contributed by atoms with Gasteiger partial charge in [0.1, 0.15) is 16.5 Å². The third-order valence-electron chi connectivity index (χ3n) is 6.56. The zero-order chi connectivity index (χ0) is 21.2. The van der Waals surface area contributed by atoms with Crippen LogP contribution in [0.25, 0.3) is 10.2 Å². The molecule has 6 nitrogen and oxygen atoms in total. The first-order valence-corrected chi connectivity index (χ1v) is 12.3. The Balaban J connectivity index is 1.60. The molecular weight excluding hydrogens is 406 g/mol. The van der Waals surface area contributed by atoms with Crippen molar-refractivity contribution in [2.75, 3.05) is 37.7 Å². The SMILES string of the molecule is CCN(c1nc(CN2CCOCC2)nc2sc3c(c12)CCCC3)C(C)c1cccnc1. The van der Waals surface area contributed by atoms with Gasteiger partial charge in [-0.3, -0.25) is 9.88 Å². The molecule has 0 saturated carbocycles. The van der Waals surface area contributed by atoms with E-state index in [1.54, 1.807) is 0 Å². The van der Waals surface area contributed by atoms with E-state index >= 15 is 0 Å². The second-order valence-electron chi connectivity index (χ2n) is 8.49. The lowest BCUT2D eigenvalue weighted by molar-refractivity contribution is 0.0331. The standard InChI is InChI=1S/C24H31N5OS/c1-3-29(17(2)18-7-6-10-25-15-18)23-22-19-8-4-5-9-20(19)31-24(22)27-21(26-23)16-28-11-13-30-14-12-28/h6-7,10,15,17H,3-5,8-9,11-14,16H2,1-2H3. The summed E-state index contributed by atoms with van der Waals surface area (Å²) >= 11 is 1.89. The van der Waals surface area contributed by atoms with Gasteiger partial charge in [-0.05, 0) is 56.7 Å². The molecule has 0 N–H and O–H groups in total. The molecule has 0 spiro atoms. The van der Waals surface area contributed by atoms with Crippen molar-refractivity contribution in [2.24, 2.45) is 0 Å². The molecule has 1 aliphatic heterocycles. The second kappa shape index (κ2) is 9.18. The highest BCUT2D eigenvalue weighted by Gasteiger charge is 2.26. The van der Waals surface area contributed by atoms with Crippen LogP contribution in [0.2, 0.25) is 0 Å². The van der Waals surface area contributed by atoms with Crippen molar-refractivity contribution in [2.45, 2.75) is 52.1 Å². The molecule has 2 aliphatic rings. The summed E-state index contributed by atoms with van der Waals surface area (Å²) in [4.78, 5) is 22.2. The van der Waals surface area contributed by atoms with E-state index in [0.717, 1.165) is 62.3 Å². The highest BCUT2D eigenvalue weighted by Crippen LogP contribution is 2.41. The summed E-state index contributed by atoms with van der Waals surface area (Å²) in [5.41, 5.74) is 2.71. The van der Waals surface area contributed by atoms with Gasteiger partial charge in [0.05, 0.1) is 31.2 Å². The largest absolute Gasteiger partial charge is 0.379 e. The van der Waals surface area contributed by atoms with E-state index in [1.165, 1.54) is 40.7 Å². The van der Waals surface area contributed by atoms with Crippen LogP contribution < -0.4 is 4.90 Å². The molecule has 1 fully saturated rings. The van der Waals surface area contributed by atoms with Gasteiger partial charge in [0.2, 0.25) is 0 Å². The number of rotatable bonds is 6. The van der Waals surface area contributed by atoms with E-state index in [1.807, 2.05) is 29.8 Å². The van der Waals surface area contributed by atoms with Gasteiger partial charge < -0.3 is 9.64 Å². The Labute approximate surface area is 188 Å². The Kier molecular flexibility index (Phi) is 6.16. The second-order valence-corrected chi connectivity index (χ2v) is 9.57. The lowest BCUT2D eigenvalue weighted by Crippen LogP contribution is -2.36. The van der Waals surface area contributed by atoms with Crippen molar-refractivity contribution < 1.29 is 4.74 Å². The minimum Gasteiger partial charge on any atom is -0.379 e. The zero-order valence-electron chi connectivity index (χ0n) is 18.5. The van der Waals surface area contributed by atoms with Crippen LogP contribution in [-0.2, 0) is 24.1 Å². The van der Waals surface area contributed by atoms with Crippen LogP contribution in [0.15, 0.2) is 24.5 Å². The molecule has 0 aromatic carbocycles. The van der Waals surface area contributed by atoms with Crippen LogP contribution in [0.5, 0.6) is 0 Å². The van der Waals surface area contributed by atoms with Crippen molar-refractivity contribution in [3.63, 3.8) is 0 Å². The van der Waals surface area contributed by atoms with Crippen LogP contribution in [-0.4, -0.2) is 52.7 Å². The number of ether oxygens (including phenoxy) is 1. The van der Waals surface area contributed by atoms with Crippen molar-refractivity contribution in [1.82, 2.24) is 19.9 Å². The molecule has 3 aromatic rings. The fourth-order valence-corrected chi connectivity index (χ4v) is 6.10. The number of hydrogen-bond donors (Lipinski definition) is 0. The predicted molar refractivity (Wildman–Crippen MR) is 126 cm³/mol. The van der Waals surface area contributed by atoms with E-state index in [0.29, 0.717) is 0 Å². The third kappa shape index (κ3) is 4.19. The molecule has 0 amide bonds. The zero-order valence-corrected chi connectivity index (χ0v) is 19.3. The first kappa shape index (κ1) is 20.8. The van der Waals surface area contributed by atoms with Gasteiger partial charge in [-0.2, -0.15) is 0 Å². The van der Waals surface area contributed by atoms with Crippen molar-refractivity contribution in [3.05, 3.63) is 46.4 Å². The summed E-state index contributed by atoms with van der Waals surface area (Å²) in [7, 11) is 0. The average molecular weight is 438 g/mol. The summed E-state index contributed by atoms with van der Waals surface area (Å²) in [5.74, 6) is 2.03. The molecule has 31 heavy (non-hydrogen) atoms. The minimum absolute atomic E-state index is 0.201. The monoisotopic (exact) mass is 437 g/mol. The minimum atomic E-state index is 0.201. The molecule has 4 heterocycles. The number of aromatic nitrogens is 3. The Morgan fingerprint density at radius 1 is 1.19 bits per heavy atom. The van der Waals surface area contributed by atoms with E-state index in [2.05, 4.69) is 34.7 Å². The normalized spacial score (nSPS) is 18.1. The first-order valence-electron chi connectivity index (χ1n) is 11.5. The van der Waals surface area contributed by atoms with Crippen molar-refractivity contribution in [3.8, 4) is 0 Å². The van der Waals surface area contributed by atoms with Crippen LogP contribution in [0.4, 0.5) is 5.82 Å². The molecule has 164 valence electrons.